The third-order valence-electron chi connectivity index (χ3n) is 4.79. The molecule has 1 amide bonds. The Balaban J connectivity index is 1.54. The SMILES string of the molecule is Cc1cccc(C)c1CCNC(=O)c1ccn(C2CCCNC2)n1. The van der Waals surface area contributed by atoms with Crippen molar-refractivity contribution in [3.63, 3.8) is 0 Å². The van der Waals surface area contributed by atoms with E-state index in [1.165, 1.54) is 16.7 Å². The summed E-state index contributed by atoms with van der Waals surface area (Å²) in [5.41, 5.74) is 4.37. The molecule has 0 radical (unpaired) electrons. The zero-order valence-corrected chi connectivity index (χ0v) is 14.5. The first-order chi connectivity index (χ1) is 11.6. The standard InChI is InChI=1S/C19H26N4O/c1-14-5-3-6-15(2)17(14)8-11-21-19(24)18-9-12-23(22-18)16-7-4-10-20-13-16/h3,5-6,9,12,16,20H,4,7-8,10-11,13H2,1-2H3,(H,21,24). The molecule has 24 heavy (non-hydrogen) atoms. The Hall–Kier alpha value is -2.14. The fourth-order valence-corrected chi connectivity index (χ4v) is 3.36. The fourth-order valence-electron chi connectivity index (χ4n) is 3.36. The smallest absolute Gasteiger partial charge is 0.271 e. The lowest BCUT2D eigenvalue weighted by Crippen LogP contribution is -2.32. The van der Waals surface area contributed by atoms with Crippen LogP contribution >= 0.6 is 0 Å². The van der Waals surface area contributed by atoms with E-state index in [1.807, 2.05) is 16.9 Å². The fraction of sp³-hybridized carbons (Fsp3) is 0.474. The van der Waals surface area contributed by atoms with Crippen LogP contribution in [0.15, 0.2) is 30.5 Å². The van der Waals surface area contributed by atoms with Gasteiger partial charge in [0.05, 0.1) is 6.04 Å². The van der Waals surface area contributed by atoms with E-state index < -0.39 is 0 Å². The number of nitrogens with zero attached hydrogens (tertiary/aromatic N) is 2. The summed E-state index contributed by atoms with van der Waals surface area (Å²) in [4.78, 5) is 12.3. The number of carbonyl (C=O) groups excluding carboxylic acids is 1. The van der Waals surface area contributed by atoms with Gasteiger partial charge in [0.15, 0.2) is 0 Å². The molecule has 3 rings (SSSR count). The molecule has 0 spiro atoms. The quantitative estimate of drug-likeness (QED) is 0.887. The van der Waals surface area contributed by atoms with Crippen LogP contribution in [-0.4, -0.2) is 35.3 Å². The number of benzene rings is 1. The molecular formula is C19H26N4O. The molecule has 1 aliphatic heterocycles. The van der Waals surface area contributed by atoms with Crippen molar-refractivity contribution in [3.05, 3.63) is 52.8 Å². The molecule has 1 aromatic heterocycles. The maximum absolute atomic E-state index is 12.3. The van der Waals surface area contributed by atoms with E-state index in [4.69, 9.17) is 0 Å². The summed E-state index contributed by atoms with van der Waals surface area (Å²) in [6.45, 7) is 6.86. The number of amides is 1. The molecule has 0 aliphatic carbocycles. The Labute approximate surface area is 143 Å². The average Bonchev–Trinajstić information content (AvgIpc) is 3.08. The summed E-state index contributed by atoms with van der Waals surface area (Å²) >= 11 is 0. The first kappa shape index (κ1) is 16.7. The highest BCUT2D eigenvalue weighted by Gasteiger charge is 2.17. The van der Waals surface area contributed by atoms with E-state index in [9.17, 15) is 4.79 Å². The normalized spacial score (nSPS) is 17.7. The molecule has 0 saturated carbocycles. The maximum atomic E-state index is 12.3. The molecule has 1 fully saturated rings. The van der Waals surface area contributed by atoms with Gasteiger partial charge in [-0.3, -0.25) is 9.48 Å². The van der Waals surface area contributed by atoms with Gasteiger partial charge >= 0.3 is 0 Å². The van der Waals surface area contributed by atoms with Crippen LogP contribution < -0.4 is 10.6 Å². The van der Waals surface area contributed by atoms with Crippen molar-refractivity contribution in [2.24, 2.45) is 0 Å². The van der Waals surface area contributed by atoms with Gasteiger partial charge in [0, 0.05) is 19.3 Å². The second-order valence-corrected chi connectivity index (χ2v) is 6.56. The van der Waals surface area contributed by atoms with Crippen LogP contribution in [0.25, 0.3) is 0 Å². The van der Waals surface area contributed by atoms with Crippen molar-refractivity contribution in [2.45, 2.75) is 39.2 Å². The first-order valence-electron chi connectivity index (χ1n) is 8.74. The summed E-state index contributed by atoms with van der Waals surface area (Å²) in [7, 11) is 0. The number of nitrogens with one attached hydrogen (secondary N) is 2. The number of aryl methyl sites for hydroxylation is 2. The number of hydrogen-bond acceptors (Lipinski definition) is 3. The lowest BCUT2D eigenvalue weighted by Gasteiger charge is -2.22. The molecule has 2 heterocycles. The molecule has 5 heteroatoms. The van der Waals surface area contributed by atoms with Gasteiger partial charge in [0.1, 0.15) is 5.69 Å². The largest absolute Gasteiger partial charge is 0.350 e. The number of hydrogen-bond donors (Lipinski definition) is 2. The van der Waals surface area contributed by atoms with Gasteiger partial charge in [-0.1, -0.05) is 18.2 Å². The van der Waals surface area contributed by atoms with E-state index in [1.54, 1.807) is 0 Å². The molecule has 5 nitrogen and oxygen atoms in total. The van der Waals surface area contributed by atoms with Gasteiger partial charge in [-0.25, -0.2) is 0 Å². The Bertz CT molecular complexity index is 681. The molecule has 2 aromatic rings. The molecule has 1 atom stereocenters. The first-order valence-corrected chi connectivity index (χ1v) is 8.74. The van der Waals surface area contributed by atoms with Crippen molar-refractivity contribution in [1.29, 1.82) is 0 Å². The predicted molar refractivity (Wildman–Crippen MR) is 95.3 cm³/mol. The van der Waals surface area contributed by atoms with Crippen LogP contribution in [0.2, 0.25) is 0 Å². The van der Waals surface area contributed by atoms with Gasteiger partial charge in [-0.05, 0) is 62.4 Å². The van der Waals surface area contributed by atoms with Crippen molar-refractivity contribution >= 4 is 5.91 Å². The van der Waals surface area contributed by atoms with Crippen molar-refractivity contribution in [3.8, 4) is 0 Å². The zero-order chi connectivity index (χ0) is 16.9. The van der Waals surface area contributed by atoms with Crippen LogP contribution in [0.4, 0.5) is 0 Å². The van der Waals surface area contributed by atoms with Crippen molar-refractivity contribution in [1.82, 2.24) is 20.4 Å². The van der Waals surface area contributed by atoms with E-state index >= 15 is 0 Å². The van der Waals surface area contributed by atoms with Crippen LogP contribution in [0.3, 0.4) is 0 Å². The van der Waals surface area contributed by atoms with Gasteiger partial charge < -0.3 is 10.6 Å². The van der Waals surface area contributed by atoms with E-state index in [0.717, 1.165) is 32.4 Å². The summed E-state index contributed by atoms with van der Waals surface area (Å²) < 4.78 is 1.92. The van der Waals surface area contributed by atoms with Gasteiger partial charge in [0.2, 0.25) is 0 Å². The summed E-state index contributed by atoms with van der Waals surface area (Å²) in [6.07, 6.45) is 5.03. The molecule has 1 saturated heterocycles. The van der Waals surface area contributed by atoms with Crippen LogP contribution in [0.5, 0.6) is 0 Å². The third-order valence-corrected chi connectivity index (χ3v) is 4.79. The van der Waals surface area contributed by atoms with E-state index in [2.05, 4.69) is 47.8 Å². The Kier molecular flexibility index (Phi) is 5.30. The van der Waals surface area contributed by atoms with Crippen molar-refractivity contribution < 1.29 is 4.79 Å². The third kappa shape index (κ3) is 3.85. The van der Waals surface area contributed by atoms with Gasteiger partial charge in [0.25, 0.3) is 5.91 Å². The molecule has 1 unspecified atom stereocenters. The predicted octanol–water partition coefficient (Wildman–Crippen LogP) is 2.40. The molecule has 0 bridgehead atoms. The topological polar surface area (TPSA) is 59.0 Å². The van der Waals surface area contributed by atoms with Crippen LogP contribution in [-0.2, 0) is 6.42 Å². The Morgan fingerprint density at radius 1 is 1.33 bits per heavy atom. The highest BCUT2D eigenvalue weighted by molar-refractivity contribution is 5.92. The molecule has 128 valence electrons. The zero-order valence-electron chi connectivity index (χ0n) is 14.5. The summed E-state index contributed by atoms with van der Waals surface area (Å²) in [6, 6.07) is 8.46. The Morgan fingerprint density at radius 3 is 2.83 bits per heavy atom. The molecule has 2 N–H and O–H groups in total. The highest BCUT2D eigenvalue weighted by atomic mass is 16.1. The van der Waals surface area contributed by atoms with Crippen LogP contribution in [0.1, 0.15) is 46.1 Å². The summed E-state index contributed by atoms with van der Waals surface area (Å²) in [5.74, 6) is -0.0937. The second-order valence-electron chi connectivity index (χ2n) is 6.56. The van der Waals surface area contributed by atoms with Gasteiger partial charge in [-0.15, -0.1) is 0 Å². The number of rotatable bonds is 5. The second kappa shape index (κ2) is 7.62. The monoisotopic (exact) mass is 326 g/mol. The molecular weight excluding hydrogens is 300 g/mol. The number of carbonyl (C=O) groups is 1. The lowest BCUT2D eigenvalue weighted by atomic mass is 10.0. The van der Waals surface area contributed by atoms with Crippen LogP contribution in [0, 0.1) is 13.8 Å². The van der Waals surface area contributed by atoms with Gasteiger partial charge in [-0.2, -0.15) is 5.10 Å². The minimum atomic E-state index is -0.0937. The minimum absolute atomic E-state index is 0.0937. The molecule has 1 aromatic carbocycles. The number of piperidine rings is 1. The average molecular weight is 326 g/mol. The van der Waals surface area contributed by atoms with E-state index in [0.29, 0.717) is 18.3 Å². The number of aromatic nitrogens is 2. The Morgan fingerprint density at radius 2 is 2.12 bits per heavy atom. The minimum Gasteiger partial charge on any atom is -0.350 e. The van der Waals surface area contributed by atoms with E-state index in [-0.39, 0.29) is 5.91 Å². The maximum Gasteiger partial charge on any atom is 0.271 e. The molecule has 1 aliphatic rings. The van der Waals surface area contributed by atoms with Crippen molar-refractivity contribution in [2.75, 3.05) is 19.6 Å². The summed E-state index contributed by atoms with van der Waals surface area (Å²) in [5, 5.41) is 10.8. The lowest BCUT2D eigenvalue weighted by molar-refractivity contribution is 0.0947. The highest BCUT2D eigenvalue weighted by Crippen LogP contribution is 2.16.